The largest absolute Gasteiger partial charge is 0.455 e. The molecule has 0 saturated carbocycles. The zero-order valence-electron chi connectivity index (χ0n) is 15.0. The van der Waals surface area contributed by atoms with Crippen molar-refractivity contribution in [2.75, 3.05) is 5.73 Å². The number of nitrogens with two attached hydrogens (primary N) is 1. The molecule has 3 aromatic rings. The molecule has 3 N–H and O–H groups in total. The number of hydrogen-bond acceptors (Lipinski definition) is 5. The van der Waals surface area contributed by atoms with Crippen LogP contribution < -0.4 is 21.3 Å². The van der Waals surface area contributed by atoms with E-state index >= 15 is 0 Å². The standard InChI is InChI=1S/C20H12F3N3O4/c21-20(22,23)10-6-7-14(30-11-4-2-1-3-5-11)13(8-10)26-15(27)9-12-16(17(26)24)19(29)25-18(12)28/h1-9H,24H2,(H,25,28,29). The van der Waals surface area contributed by atoms with Crippen LogP contribution in [0.2, 0.25) is 0 Å². The van der Waals surface area contributed by atoms with Gasteiger partial charge in [0.1, 0.15) is 11.6 Å². The summed E-state index contributed by atoms with van der Waals surface area (Å²) in [6, 6.07) is 11.6. The third kappa shape index (κ3) is 3.17. The van der Waals surface area contributed by atoms with E-state index in [9.17, 15) is 27.6 Å². The second-order valence-corrected chi connectivity index (χ2v) is 6.37. The van der Waals surface area contributed by atoms with E-state index < -0.39 is 34.9 Å². The summed E-state index contributed by atoms with van der Waals surface area (Å²) in [6.07, 6.45) is -4.71. The van der Waals surface area contributed by atoms with Crippen LogP contribution in [-0.4, -0.2) is 16.4 Å². The number of halogens is 3. The molecule has 30 heavy (non-hydrogen) atoms. The number of nitrogens with zero attached hydrogens (tertiary/aromatic N) is 1. The van der Waals surface area contributed by atoms with Crippen molar-refractivity contribution in [3.05, 3.63) is 81.6 Å². The normalized spacial score (nSPS) is 13.2. The number of alkyl halides is 3. The van der Waals surface area contributed by atoms with Crippen molar-refractivity contribution < 1.29 is 27.5 Å². The van der Waals surface area contributed by atoms with Gasteiger partial charge in [0.25, 0.3) is 17.4 Å². The highest BCUT2D eigenvalue weighted by Gasteiger charge is 2.34. The number of imide groups is 1. The highest BCUT2D eigenvalue weighted by Crippen LogP contribution is 2.37. The molecular formula is C20H12F3N3O4. The molecule has 0 unspecified atom stereocenters. The Labute approximate surface area is 166 Å². The number of carbonyl (C=O) groups excluding carboxylic acids is 2. The first-order chi connectivity index (χ1) is 14.2. The van der Waals surface area contributed by atoms with Crippen LogP contribution in [0.15, 0.2) is 59.4 Å². The zero-order chi connectivity index (χ0) is 21.6. The summed E-state index contributed by atoms with van der Waals surface area (Å²) >= 11 is 0. The van der Waals surface area contributed by atoms with E-state index in [0.29, 0.717) is 16.4 Å². The Morgan fingerprint density at radius 2 is 1.63 bits per heavy atom. The van der Waals surface area contributed by atoms with Crippen molar-refractivity contribution >= 4 is 17.6 Å². The van der Waals surface area contributed by atoms with Crippen LogP contribution in [0.3, 0.4) is 0 Å². The van der Waals surface area contributed by atoms with Crippen molar-refractivity contribution in [1.82, 2.24) is 9.88 Å². The number of anilines is 1. The molecule has 0 spiro atoms. The number of carbonyl (C=O) groups is 2. The van der Waals surface area contributed by atoms with E-state index in [1.807, 2.05) is 5.32 Å². The number of hydrogen-bond donors (Lipinski definition) is 2. The Morgan fingerprint density at radius 3 is 2.30 bits per heavy atom. The maximum atomic E-state index is 13.3. The molecule has 2 aromatic carbocycles. The van der Waals surface area contributed by atoms with Gasteiger partial charge in [0.15, 0.2) is 5.75 Å². The number of aromatic nitrogens is 1. The van der Waals surface area contributed by atoms with Gasteiger partial charge in [-0.2, -0.15) is 13.2 Å². The van der Waals surface area contributed by atoms with E-state index in [1.54, 1.807) is 30.3 Å². The number of para-hydroxylation sites is 1. The molecule has 1 aliphatic rings. The number of amides is 2. The van der Waals surface area contributed by atoms with Gasteiger partial charge >= 0.3 is 6.18 Å². The van der Waals surface area contributed by atoms with Crippen LogP contribution in [-0.2, 0) is 6.18 Å². The van der Waals surface area contributed by atoms with Gasteiger partial charge in [0.05, 0.1) is 22.4 Å². The number of benzene rings is 2. The van der Waals surface area contributed by atoms with E-state index in [-0.39, 0.29) is 22.6 Å². The van der Waals surface area contributed by atoms with Crippen molar-refractivity contribution in [2.24, 2.45) is 0 Å². The second kappa shape index (κ2) is 6.76. The first-order valence-electron chi connectivity index (χ1n) is 8.52. The van der Waals surface area contributed by atoms with Crippen LogP contribution in [0.25, 0.3) is 5.69 Å². The van der Waals surface area contributed by atoms with Gasteiger partial charge in [-0.05, 0) is 30.3 Å². The molecule has 0 fully saturated rings. The lowest BCUT2D eigenvalue weighted by Crippen LogP contribution is -2.25. The number of nitrogens with one attached hydrogen (secondary N) is 1. The maximum Gasteiger partial charge on any atom is 0.416 e. The highest BCUT2D eigenvalue weighted by molar-refractivity contribution is 6.23. The van der Waals surface area contributed by atoms with Crippen molar-refractivity contribution in [1.29, 1.82) is 0 Å². The predicted octanol–water partition coefficient (Wildman–Crippen LogP) is 3.11. The summed E-state index contributed by atoms with van der Waals surface area (Å²) in [7, 11) is 0. The molecule has 2 amide bonds. The predicted molar refractivity (Wildman–Crippen MR) is 99.8 cm³/mol. The van der Waals surface area contributed by atoms with E-state index in [0.717, 1.165) is 18.2 Å². The highest BCUT2D eigenvalue weighted by atomic mass is 19.4. The molecule has 0 bridgehead atoms. The molecule has 0 aliphatic carbocycles. The van der Waals surface area contributed by atoms with E-state index in [2.05, 4.69) is 0 Å². The van der Waals surface area contributed by atoms with Gasteiger partial charge in [-0.15, -0.1) is 0 Å². The molecule has 0 radical (unpaired) electrons. The number of rotatable bonds is 3. The quantitative estimate of drug-likeness (QED) is 0.640. The van der Waals surface area contributed by atoms with Crippen molar-refractivity contribution in [3.8, 4) is 17.2 Å². The minimum atomic E-state index is -4.71. The molecular weight excluding hydrogens is 403 g/mol. The van der Waals surface area contributed by atoms with Gasteiger partial charge in [0.2, 0.25) is 0 Å². The van der Waals surface area contributed by atoms with Crippen LogP contribution in [0.4, 0.5) is 19.0 Å². The number of fused-ring (bicyclic) bond motifs is 1. The molecule has 1 aliphatic heterocycles. The summed E-state index contributed by atoms with van der Waals surface area (Å²) in [4.78, 5) is 36.5. The van der Waals surface area contributed by atoms with Crippen molar-refractivity contribution in [3.63, 3.8) is 0 Å². The van der Waals surface area contributed by atoms with Crippen molar-refractivity contribution in [2.45, 2.75) is 6.18 Å². The molecule has 10 heteroatoms. The lowest BCUT2D eigenvalue weighted by Gasteiger charge is -2.18. The summed E-state index contributed by atoms with van der Waals surface area (Å²) in [5.74, 6) is -1.93. The van der Waals surface area contributed by atoms with Gasteiger partial charge in [-0.25, -0.2) is 0 Å². The summed E-state index contributed by atoms with van der Waals surface area (Å²) in [5, 5.41) is 2.00. The monoisotopic (exact) mass is 415 g/mol. The molecule has 0 atom stereocenters. The molecule has 2 heterocycles. The van der Waals surface area contributed by atoms with E-state index in [1.165, 1.54) is 0 Å². The minimum absolute atomic E-state index is 0.104. The van der Waals surface area contributed by atoms with Crippen LogP contribution >= 0.6 is 0 Å². The summed E-state index contributed by atoms with van der Waals surface area (Å²) < 4.78 is 46.3. The van der Waals surface area contributed by atoms with Gasteiger partial charge < -0.3 is 10.5 Å². The number of pyridine rings is 1. The smallest absolute Gasteiger partial charge is 0.416 e. The maximum absolute atomic E-state index is 13.3. The lowest BCUT2D eigenvalue weighted by molar-refractivity contribution is -0.137. The summed E-state index contributed by atoms with van der Waals surface area (Å²) in [6.45, 7) is 0. The fourth-order valence-electron chi connectivity index (χ4n) is 3.10. The second-order valence-electron chi connectivity index (χ2n) is 6.37. The Kier molecular flexibility index (Phi) is 4.34. The molecule has 1 aromatic heterocycles. The average Bonchev–Trinajstić information content (AvgIpc) is 2.96. The van der Waals surface area contributed by atoms with Crippen LogP contribution in [0.1, 0.15) is 26.3 Å². The zero-order valence-corrected chi connectivity index (χ0v) is 15.0. The fraction of sp³-hybridized carbons (Fsp3) is 0.0500. The molecule has 0 saturated heterocycles. The van der Waals surface area contributed by atoms with Crippen LogP contribution in [0, 0.1) is 0 Å². The SMILES string of the molecule is Nc1c2c(cc(=O)n1-c1cc(C(F)(F)F)ccc1Oc1ccccc1)C(=O)NC2=O. The molecule has 7 nitrogen and oxygen atoms in total. The Bertz CT molecular complexity index is 1250. The van der Waals surface area contributed by atoms with E-state index in [4.69, 9.17) is 10.5 Å². The average molecular weight is 415 g/mol. The van der Waals surface area contributed by atoms with Gasteiger partial charge in [-0.3, -0.25) is 24.3 Å². The number of ether oxygens (including phenoxy) is 1. The first-order valence-corrected chi connectivity index (χ1v) is 8.52. The van der Waals surface area contributed by atoms with Gasteiger partial charge in [-0.1, -0.05) is 18.2 Å². The Hall–Kier alpha value is -4.08. The number of nitrogen functional groups attached to an aromatic ring is 1. The Balaban J connectivity index is 1.98. The van der Waals surface area contributed by atoms with Crippen LogP contribution in [0.5, 0.6) is 11.5 Å². The fourth-order valence-corrected chi connectivity index (χ4v) is 3.10. The van der Waals surface area contributed by atoms with Gasteiger partial charge in [0, 0.05) is 6.07 Å². The topological polar surface area (TPSA) is 103 Å². The Morgan fingerprint density at radius 1 is 0.933 bits per heavy atom. The third-order valence-corrected chi connectivity index (χ3v) is 4.45. The molecule has 152 valence electrons. The first kappa shape index (κ1) is 19.2. The third-order valence-electron chi connectivity index (χ3n) is 4.45. The summed E-state index contributed by atoms with van der Waals surface area (Å²) in [5.41, 5.74) is 3.15. The minimum Gasteiger partial charge on any atom is -0.455 e. The molecule has 4 rings (SSSR count). The lowest BCUT2D eigenvalue weighted by atomic mass is 10.1.